The highest BCUT2D eigenvalue weighted by Crippen LogP contribution is 2.42. The summed E-state index contributed by atoms with van der Waals surface area (Å²) in [5.41, 5.74) is 3.22. The predicted molar refractivity (Wildman–Crippen MR) is 165 cm³/mol. The summed E-state index contributed by atoms with van der Waals surface area (Å²) in [5.74, 6) is 0.787. The maximum atomic E-state index is 13.5. The number of anilines is 1. The molecule has 0 N–H and O–H groups in total. The molecule has 39 heavy (non-hydrogen) atoms. The van der Waals surface area contributed by atoms with E-state index in [-0.39, 0.29) is 18.2 Å². The van der Waals surface area contributed by atoms with Crippen molar-refractivity contribution in [2.75, 3.05) is 31.1 Å². The van der Waals surface area contributed by atoms with Gasteiger partial charge in [0.25, 0.3) is 5.91 Å². The van der Waals surface area contributed by atoms with Crippen molar-refractivity contribution < 1.29 is 9.59 Å². The van der Waals surface area contributed by atoms with Gasteiger partial charge in [0, 0.05) is 15.8 Å². The number of piperidine rings is 1. The molecule has 0 radical (unpaired) electrons. The Labute approximate surface area is 244 Å². The van der Waals surface area contributed by atoms with Crippen LogP contribution < -0.4 is 4.90 Å². The van der Waals surface area contributed by atoms with E-state index >= 15 is 0 Å². The zero-order chi connectivity index (χ0) is 27.0. The summed E-state index contributed by atoms with van der Waals surface area (Å²) in [6, 6.07) is 26.5. The molecule has 0 bridgehead atoms. The second-order valence-electron chi connectivity index (χ2n) is 10.5. The summed E-state index contributed by atoms with van der Waals surface area (Å²) in [4.78, 5) is 32.3. The van der Waals surface area contributed by atoms with Crippen molar-refractivity contribution in [1.29, 1.82) is 0 Å². The molecule has 0 aliphatic carbocycles. The van der Waals surface area contributed by atoms with Crippen molar-refractivity contribution in [3.63, 3.8) is 0 Å². The minimum Gasteiger partial charge on any atom is -0.303 e. The summed E-state index contributed by atoms with van der Waals surface area (Å²) < 4.78 is 0.967. The van der Waals surface area contributed by atoms with Gasteiger partial charge in [-0.1, -0.05) is 82.3 Å². The Morgan fingerprint density at radius 3 is 2.51 bits per heavy atom. The zero-order valence-electron chi connectivity index (χ0n) is 22.2. The lowest BCUT2D eigenvalue weighted by atomic mass is 9.90. The van der Waals surface area contributed by atoms with Crippen LogP contribution in [0.25, 0.3) is 6.08 Å². The third-order valence-corrected chi connectivity index (χ3v) is 9.14. The zero-order valence-corrected chi connectivity index (χ0v) is 24.6. The van der Waals surface area contributed by atoms with Crippen LogP contribution in [0.5, 0.6) is 0 Å². The van der Waals surface area contributed by atoms with Gasteiger partial charge in [-0.25, -0.2) is 0 Å². The van der Waals surface area contributed by atoms with Crippen LogP contribution in [0, 0.1) is 5.92 Å². The van der Waals surface area contributed by atoms with Gasteiger partial charge in [-0.15, -0.1) is 0 Å². The van der Waals surface area contributed by atoms with Gasteiger partial charge in [0.1, 0.15) is 0 Å². The van der Waals surface area contributed by atoms with Crippen LogP contribution in [-0.2, 0) is 16.0 Å². The molecule has 1 amide bonds. The lowest BCUT2D eigenvalue weighted by Gasteiger charge is -2.32. The van der Waals surface area contributed by atoms with Gasteiger partial charge in [-0.2, -0.15) is 0 Å². The molecule has 202 valence electrons. The fourth-order valence-corrected chi connectivity index (χ4v) is 6.92. The van der Waals surface area contributed by atoms with E-state index in [1.807, 2.05) is 54.6 Å². The highest BCUT2D eigenvalue weighted by atomic mass is 79.9. The van der Waals surface area contributed by atoms with Crippen LogP contribution in [0.4, 0.5) is 5.69 Å². The minimum absolute atomic E-state index is 0.106. The Morgan fingerprint density at radius 2 is 1.72 bits per heavy atom. The van der Waals surface area contributed by atoms with Gasteiger partial charge in [-0.3, -0.25) is 14.5 Å². The molecular formula is C33H35BrN2O2S. The lowest BCUT2D eigenvalue weighted by molar-refractivity contribution is -0.121. The maximum Gasteiger partial charge on any atom is 0.265 e. The first-order chi connectivity index (χ1) is 19.0. The first-order valence-electron chi connectivity index (χ1n) is 13.9. The van der Waals surface area contributed by atoms with Crippen LogP contribution in [0.3, 0.4) is 0 Å². The van der Waals surface area contributed by atoms with E-state index in [0.29, 0.717) is 11.3 Å². The van der Waals surface area contributed by atoms with Crippen molar-refractivity contribution in [2.45, 2.75) is 43.4 Å². The molecule has 3 aromatic rings. The Bertz CT molecular complexity index is 1320. The Balaban J connectivity index is 1.10. The minimum atomic E-state index is -0.106. The molecule has 0 saturated carbocycles. The Hall–Kier alpha value is -2.67. The van der Waals surface area contributed by atoms with Gasteiger partial charge < -0.3 is 4.90 Å². The maximum absolute atomic E-state index is 13.5. The number of carbonyl (C=O) groups is 2. The Morgan fingerprint density at radius 1 is 0.949 bits per heavy atom. The van der Waals surface area contributed by atoms with Crippen LogP contribution in [0.2, 0.25) is 0 Å². The van der Waals surface area contributed by atoms with Crippen molar-refractivity contribution >= 4 is 51.1 Å². The van der Waals surface area contributed by atoms with Crippen LogP contribution in [-0.4, -0.2) is 42.8 Å². The van der Waals surface area contributed by atoms with Gasteiger partial charge in [-0.05, 0) is 99.1 Å². The van der Waals surface area contributed by atoms with Crippen molar-refractivity contribution in [3.05, 3.63) is 99.4 Å². The first kappa shape index (κ1) is 27.9. The second-order valence-corrected chi connectivity index (χ2v) is 12.5. The van der Waals surface area contributed by atoms with E-state index in [1.54, 1.807) is 4.90 Å². The molecule has 2 heterocycles. The second kappa shape index (κ2) is 13.6. The number of carbonyl (C=O) groups excluding carboxylic acids is 2. The number of Topliss-reactive ketones (excluding diaryl/α,β-unsaturated/α-hetero) is 1. The van der Waals surface area contributed by atoms with Gasteiger partial charge >= 0.3 is 0 Å². The Kier molecular flexibility index (Phi) is 9.72. The van der Waals surface area contributed by atoms with Gasteiger partial charge in [0.2, 0.25) is 0 Å². The number of nitrogens with zero attached hydrogens (tertiary/aromatic N) is 2. The van der Waals surface area contributed by atoms with Crippen LogP contribution in [0.1, 0.15) is 43.2 Å². The molecule has 4 nitrogen and oxygen atoms in total. The average molecular weight is 604 g/mol. The third-order valence-electron chi connectivity index (χ3n) is 7.57. The summed E-state index contributed by atoms with van der Waals surface area (Å²) in [6.45, 7) is 3.47. The molecular weight excluding hydrogens is 568 g/mol. The van der Waals surface area contributed by atoms with Crippen LogP contribution >= 0.6 is 27.7 Å². The van der Waals surface area contributed by atoms with Crippen molar-refractivity contribution in [1.82, 2.24) is 4.90 Å². The number of hydrogen-bond donors (Lipinski definition) is 0. The summed E-state index contributed by atoms with van der Waals surface area (Å²) in [5, 5.41) is 0. The molecule has 1 fully saturated rings. The molecule has 5 rings (SSSR count). The average Bonchev–Trinajstić information content (AvgIpc) is 2.95. The number of para-hydroxylation sites is 1. The molecule has 2 aliphatic heterocycles. The molecule has 3 aromatic carbocycles. The van der Waals surface area contributed by atoms with E-state index < -0.39 is 0 Å². The fourth-order valence-electron chi connectivity index (χ4n) is 5.44. The third kappa shape index (κ3) is 7.71. The van der Waals surface area contributed by atoms with Gasteiger partial charge in [0.05, 0.1) is 17.1 Å². The monoisotopic (exact) mass is 602 g/mol. The highest BCUT2D eigenvalue weighted by Gasteiger charge is 2.30. The number of halogens is 1. The first-order valence-corrected chi connectivity index (χ1v) is 15.5. The quantitative estimate of drug-likeness (QED) is 0.177. The number of likely N-dealkylation sites (tertiary alicyclic amines) is 1. The number of fused-ring (bicyclic) bond motifs is 1. The number of hydrogen-bond acceptors (Lipinski definition) is 4. The number of amides is 1. The fraction of sp³-hybridized carbons (Fsp3) is 0.333. The highest BCUT2D eigenvalue weighted by molar-refractivity contribution is 9.10. The summed E-state index contributed by atoms with van der Waals surface area (Å²) in [6.07, 6.45) is 7.98. The SMILES string of the molecule is O=C(CCCCN1CCC(Cc2ccccc2)CC1)CN1C(=O)/C(=C\c2cccc(Br)c2)Sc2ccccc21. The molecule has 0 unspecified atom stereocenters. The number of unbranched alkanes of at least 4 members (excludes halogenated alkanes) is 1. The smallest absolute Gasteiger partial charge is 0.265 e. The summed E-state index contributed by atoms with van der Waals surface area (Å²) >= 11 is 4.98. The van der Waals surface area contributed by atoms with E-state index in [1.165, 1.54) is 36.6 Å². The number of rotatable bonds is 10. The molecule has 0 aromatic heterocycles. The van der Waals surface area contributed by atoms with E-state index in [2.05, 4.69) is 51.2 Å². The molecule has 1 saturated heterocycles. The predicted octanol–water partition coefficient (Wildman–Crippen LogP) is 7.62. The molecule has 6 heteroatoms. The normalized spacial score (nSPS) is 17.4. The largest absolute Gasteiger partial charge is 0.303 e. The number of benzene rings is 3. The van der Waals surface area contributed by atoms with E-state index in [9.17, 15) is 9.59 Å². The number of ketones is 1. The van der Waals surface area contributed by atoms with E-state index in [4.69, 9.17) is 0 Å². The van der Waals surface area contributed by atoms with Crippen molar-refractivity contribution in [2.24, 2.45) is 5.92 Å². The van der Waals surface area contributed by atoms with Gasteiger partial charge in [0.15, 0.2) is 5.78 Å². The van der Waals surface area contributed by atoms with Crippen LogP contribution in [0.15, 0.2) is 93.1 Å². The topological polar surface area (TPSA) is 40.6 Å². The molecule has 0 spiro atoms. The van der Waals surface area contributed by atoms with E-state index in [0.717, 1.165) is 59.0 Å². The lowest BCUT2D eigenvalue weighted by Crippen LogP contribution is -2.38. The van der Waals surface area contributed by atoms with Crippen molar-refractivity contribution in [3.8, 4) is 0 Å². The molecule has 0 atom stereocenters. The summed E-state index contributed by atoms with van der Waals surface area (Å²) in [7, 11) is 0. The number of thioether (sulfide) groups is 1. The standard InChI is InChI=1S/C33H35BrN2O2S/c34-28-12-8-11-27(22-28)23-32-33(38)36(30-14-4-5-15-31(30)39-32)24-29(37)13-6-7-18-35-19-16-26(17-20-35)21-25-9-2-1-3-10-25/h1-5,8-12,14-15,22-23,26H,6-7,13,16-21,24H2/b32-23+. The molecule has 2 aliphatic rings.